The molecule has 0 radical (unpaired) electrons. The molecule has 0 N–H and O–H groups in total. The second-order valence-electron chi connectivity index (χ2n) is 7.13. The molecule has 1 aliphatic heterocycles. The van der Waals surface area contributed by atoms with Crippen LogP contribution >= 0.6 is 23.2 Å². The molecule has 4 rings (SSSR count). The molecule has 0 saturated heterocycles. The molecule has 2 aliphatic rings. The van der Waals surface area contributed by atoms with Gasteiger partial charge in [-0.3, -0.25) is 9.79 Å². The molecular weight excluding hydrogens is 425 g/mol. The lowest BCUT2D eigenvalue weighted by molar-refractivity contribution is 0.380. The van der Waals surface area contributed by atoms with Crippen LogP contribution in [0.5, 0.6) is 5.75 Å². The van der Waals surface area contributed by atoms with E-state index >= 15 is 0 Å². The highest BCUT2D eigenvalue weighted by atomic mass is 35.5. The summed E-state index contributed by atoms with van der Waals surface area (Å²) in [5.41, 5.74) is 1.35. The molecule has 1 aromatic heterocycles. The maximum absolute atomic E-state index is 12.3. The molecule has 2 heterocycles. The van der Waals surface area contributed by atoms with Gasteiger partial charge in [-0.15, -0.1) is 0 Å². The summed E-state index contributed by atoms with van der Waals surface area (Å²) >= 11 is 12.7. The first-order chi connectivity index (χ1) is 13.2. The molecular formula is C19H17Cl2NO5S. The van der Waals surface area contributed by atoms with Gasteiger partial charge in [-0.2, -0.15) is 8.42 Å². The fourth-order valence-electron chi connectivity index (χ4n) is 4.16. The molecule has 6 nitrogen and oxygen atoms in total. The van der Waals surface area contributed by atoms with Gasteiger partial charge in [0.05, 0.1) is 18.2 Å². The smallest absolute Gasteiger partial charge is 0.306 e. The topological polar surface area (TPSA) is 85.9 Å². The molecule has 1 fully saturated rings. The maximum Gasteiger partial charge on any atom is 0.306 e. The van der Waals surface area contributed by atoms with Crippen molar-refractivity contribution >= 4 is 44.7 Å². The third-order valence-electron chi connectivity index (χ3n) is 5.19. The van der Waals surface area contributed by atoms with Gasteiger partial charge in [0.2, 0.25) is 11.2 Å². The summed E-state index contributed by atoms with van der Waals surface area (Å²) in [6.45, 7) is 0. The van der Waals surface area contributed by atoms with E-state index in [1.54, 1.807) is 12.1 Å². The van der Waals surface area contributed by atoms with Gasteiger partial charge in [-0.05, 0) is 31.4 Å². The van der Waals surface area contributed by atoms with Gasteiger partial charge in [-0.25, -0.2) is 0 Å². The van der Waals surface area contributed by atoms with Crippen LogP contribution in [0.1, 0.15) is 37.0 Å². The van der Waals surface area contributed by atoms with Gasteiger partial charge >= 0.3 is 10.1 Å². The largest absolute Gasteiger partial charge is 0.465 e. The molecule has 1 unspecified atom stereocenters. The van der Waals surface area contributed by atoms with Crippen LogP contribution in [-0.2, 0) is 22.0 Å². The van der Waals surface area contributed by atoms with Gasteiger partial charge in [0.1, 0.15) is 0 Å². The highest BCUT2D eigenvalue weighted by molar-refractivity contribution is 7.86. The Kier molecular flexibility index (Phi) is 4.80. The predicted octanol–water partition coefficient (Wildman–Crippen LogP) is 4.43. The SMILES string of the molecule is CS(=O)(=O)Oc1c(CC23CCCCC2=Nc2cc(Cl)cc(Cl)c23)occc1=O. The van der Waals surface area contributed by atoms with Crippen LogP contribution in [0, 0.1) is 0 Å². The molecule has 0 amide bonds. The molecule has 2 aromatic rings. The van der Waals surface area contributed by atoms with E-state index in [0.29, 0.717) is 15.7 Å². The minimum atomic E-state index is -3.90. The predicted molar refractivity (Wildman–Crippen MR) is 108 cm³/mol. The number of halogens is 2. The Labute approximate surface area is 172 Å². The second-order valence-corrected chi connectivity index (χ2v) is 9.55. The zero-order chi connectivity index (χ0) is 20.1. The van der Waals surface area contributed by atoms with Crippen LogP contribution in [0.25, 0.3) is 0 Å². The Morgan fingerprint density at radius 2 is 2.07 bits per heavy atom. The first-order valence-corrected chi connectivity index (χ1v) is 11.3. The van der Waals surface area contributed by atoms with E-state index in [1.165, 1.54) is 6.26 Å². The molecule has 9 heteroatoms. The van der Waals surface area contributed by atoms with E-state index in [4.69, 9.17) is 36.8 Å². The number of rotatable bonds is 4. The fourth-order valence-corrected chi connectivity index (χ4v) is 5.30. The van der Waals surface area contributed by atoms with Crippen LogP contribution in [0.4, 0.5) is 5.69 Å². The van der Waals surface area contributed by atoms with Crippen molar-refractivity contribution < 1.29 is 17.0 Å². The normalized spacial score (nSPS) is 21.0. The highest BCUT2D eigenvalue weighted by Crippen LogP contribution is 2.53. The Hall–Kier alpha value is -1.83. The summed E-state index contributed by atoms with van der Waals surface area (Å²) in [4.78, 5) is 17.0. The van der Waals surface area contributed by atoms with Crippen LogP contribution in [0.3, 0.4) is 0 Å². The molecule has 1 saturated carbocycles. The van der Waals surface area contributed by atoms with Gasteiger partial charge in [0.25, 0.3) is 0 Å². The minimum absolute atomic E-state index is 0.159. The van der Waals surface area contributed by atoms with Gasteiger partial charge < -0.3 is 8.60 Å². The second kappa shape index (κ2) is 6.90. The van der Waals surface area contributed by atoms with E-state index in [9.17, 15) is 13.2 Å². The lowest BCUT2D eigenvalue weighted by atomic mass is 9.66. The van der Waals surface area contributed by atoms with Crippen LogP contribution in [-0.4, -0.2) is 20.4 Å². The average Bonchev–Trinajstić information content (AvgIpc) is 2.90. The monoisotopic (exact) mass is 441 g/mol. The van der Waals surface area contributed by atoms with Crippen LogP contribution in [0.2, 0.25) is 10.0 Å². The Morgan fingerprint density at radius 3 is 2.82 bits per heavy atom. The number of benzene rings is 1. The molecule has 0 bridgehead atoms. The summed E-state index contributed by atoms with van der Waals surface area (Å²) in [6.07, 6.45) is 5.81. The van der Waals surface area contributed by atoms with Gasteiger partial charge in [-0.1, -0.05) is 29.6 Å². The Morgan fingerprint density at radius 1 is 1.29 bits per heavy atom. The van der Waals surface area contributed by atoms with E-state index in [0.717, 1.165) is 49.3 Å². The molecule has 1 atom stereocenters. The molecule has 1 aliphatic carbocycles. The van der Waals surface area contributed by atoms with Crippen LogP contribution in [0.15, 0.2) is 38.7 Å². The molecule has 28 heavy (non-hydrogen) atoms. The summed E-state index contributed by atoms with van der Waals surface area (Å²) in [5.74, 6) is -0.158. The summed E-state index contributed by atoms with van der Waals surface area (Å²) in [5, 5.41) is 0.987. The van der Waals surface area contributed by atoms with Crippen molar-refractivity contribution in [2.45, 2.75) is 37.5 Å². The van der Waals surface area contributed by atoms with Crippen molar-refractivity contribution in [1.29, 1.82) is 0 Å². The first kappa shape index (κ1) is 19.5. The minimum Gasteiger partial charge on any atom is -0.465 e. The van der Waals surface area contributed by atoms with Gasteiger partial charge in [0, 0.05) is 39.2 Å². The number of nitrogens with zero attached hydrogens (tertiary/aromatic N) is 1. The third-order valence-corrected chi connectivity index (χ3v) is 6.18. The van der Waals surface area contributed by atoms with Crippen LogP contribution < -0.4 is 9.61 Å². The van der Waals surface area contributed by atoms with Crippen molar-refractivity contribution in [1.82, 2.24) is 0 Å². The standard InChI is InChI=1S/C19H17Cl2NO5S/c1-28(24,25)27-18-14(23)5-7-26-15(18)10-19-6-3-2-4-16(19)22-13-9-11(20)8-12(21)17(13)19/h5,7-9H,2-4,6,10H2,1H3. The van der Waals surface area contributed by atoms with E-state index in [1.807, 2.05) is 0 Å². The Bertz CT molecular complexity index is 1160. The molecule has 148 valence electrons. The first-order valence-electron chi connectivity index (χ1n) is 8.77. The lowest BCUT2D eigenvalue weighted by Gasteiger charge is -2.36. The summed E-state index contributed by atoms with van der Waals surface area (Å²) in [7, 11) is -3.90. The van der Waals surface area contributed by atoms with Gasteiger partial charge in [0.15, 0.2) is 5.76 Å². The van der Waals surface area contributed by atoms with E-state index in [2.05, 4.69) is 0 Å². The third kappa shape index (κ3) is 3.36. The van der Waals surface area contributed by atoms with Crippen molar-refractivity contribution in [3.8, 4) is 5.75 Å². The van der Waals surface area contributed by atoms with Crippen molar-refractivity contribution in [3.05, 3.63) is 56.1 Å². The molecule has 1 aromatic carbocycles. The maximum atomic E-state index is 12.3. The summed E-state index contributed by atoms with van der Waals surface area (Å²) < 4.78 is 33.8. The number of hydrogen-bond donors (Lipinski definition) is 0. The van der Waals surface area contributed by atoms with Crippen molar-refractivity contribution in [3.63, 3.8) is 0 Å². The number of fused-ring (bicyclic) bond motifs is 3. The average molecular weight is 442 g/mol. The zero-order valence-corrected chi connectivity index (χ0v) is 17.3. The quantitative estimate of drug-likeness (QED) is 0.655. The van der Waals surface area contributed by atoms with E-state index < -0.39 is 21.0 Å². The fraction of sp³-hybridized carbons (Fsp3) is 0.368. The molecule has 0 spiro atoms. The lowest BCUT2D eigenvalue weighted by Crippen LogP contribution is -2.39. The highest BCUT2D eigenvalue weighted by Gasteiger charge is 2.47. The van der Waals surface area contributed by atoms with Crippen molar-refractivity contribution in [2.24, 2.45) is 4.99 Å². The van der Waals surface area contributed by atoms with Crippen molar-refractivity contribution in [2.75, 3.05) is 6.26 Å². The number of hydrogen-bond acceptors (Lipinski definition) is 6. The number of aliphatic imine (C=N–C) groups is 1. The Balaban J connectivity index is 1.88. The van der Waals surface area contributed by atoms with E-state index in [-0.39, 0.29) is 17.9 Å². The zero-order valence-electron chi connectivity index (χ0n) is 15.0. The summed E-state index contributed by atoms with van der Waals surface area (Å²) in [6, 6.07) is 4.57.